The van der Waals surface area contributed by atoms with Crippen LogP contribution in [-0.4, -0.2) is 25.7 Å². The predicted molar refractivity (Wildman–Crippen MR) is 74.0 cm³/mol. The van der Waals surface area contributed by atoms with Gasteiger partial charge in [0, 0.05) is 13.2 Å². The summed E-state index contributed by atoms with van der Waals surface area (Å²) in [6, 6.07) is 3.54. The van der Waals surface area contributed by atoms with Crippen LogP contribution in [0.2, 0.25) is 0 Å². The number of rotatable bonds is 2. The summed E-state index contributed by atoms with van der Waals surface area (Å²) >= 11 is 0. The van der Waals surface area contributed by atoms with E-state index >= 15 is 0 Å². The molecule has 2 N–H and O–H groups in total. The van der Waals surface area contributed by atoms with Crippen LogP contribution in [0, 0.1) is 11.7 Å². The van der Waals surface area contributed by atoms with Crippen molar-refractivity contribution in [2.45, 2.75) is 25.8 Å². The molecule has 0 aliphatic carbocycles. The second-order valence-electron chi connectivity index (χ2n) is 5.39. The number of anilines is 1. The molecule has 0 bridgehead atoms. The number of hydrogen-bond acceptors (Lipinski definition) is 3. The van der Waals surface area contributed by atoms with Crippen molar-refractivity contribution < 1.29 is 13.9 Å². The van der Waals surface area contributed by atoms with Crippen molar-refractivity contribution in [3.63, 3.8) is 0 Å². The Morgan fingerprint density at radius 2 is 2.35 bits per heavy atom. The number of nitrogens with one attached hydrogen (secondary N) is 2. The van der Waals surface area contributed by atoms with Gasteiger partial charge < -0.3 is 15.4 Å². The first-order valence-corrected chi connectivity index (χ1v) is 7.15. The SMILES string of the molecule is O=C(Nc1ccc2c(c1F)CCNC2)C1CCCOC1. The number of halogens is 1. The quantitative estimate of drug-likeness (QED) is 0.868. The van der Waals surface area contributed by atoms with Gasteiger partial charge in [0.25, 0.3) is 0 Å². The van der Waals surface area contributed by atoms with E-state index in [0.29, 0.717) is 31.9 Å². The monoisotopic (exact) mass is 278 g/mol. The zero-order chi connectivity index (χ0) is 13.9. The van der Waals surface area contributed by atoms with Gasteiger partial charge in [-0.2, -0.15) is 0 Å². The van der Waals surface area contributed by atoms with Crippen LogP contribution >= 0.6 is 0 Å². The highest BCUT2D eigenvalue weighted by Crippen LogP contribution is 2.25. The maximum absolute atomic E-state index is 14.4. The molecule has 0 spiro atoms. The van der Waals surface area contributed by atoms with E-state index < -0.39 is 0 Å². The molecule has 1 aromatic carbocycles. The lowest BCUT2D eigenvalue weighted by atomic mass is 9.98. The van der Waals surface area contributed by atoms with Gasteiger partial charge in [0.05, 0.1) is 18.2 Å². The molecule has 4 nitrogen and oxygen atoms in total. The molecule has 2 aliphatic rings. The number of carbonyl (C=O) groups is 1. The second kappa shape index (κ2) is 5.89. The van der Waals surface area contributed by atoms with E-state index in [1.54, 1.807) is 6.07 Å². The number of carbonyl (C=O) groups excluding carboxylic acids is 1. The van der Waals surface area contributed by atoms with Crippen LogP contribution in [0.25, 0.3) is 0 Å². The first kappa shape index (κ1) is 13.5. The van der Waals surface area contributed by atoms with Crippen molar-refractivity contribution in [3.8, 4) is 0 Å². The molecule has 2 heterocycles. The number of fused-ring (bicyclic) bond motifs is 1. The maximum Gasteiger partial charge on any atom is 0.229 e. The second-order valence-corrected chi connectivity index (χ2v) is 5.39. The summed E-state index contributed by atoms with van der Waals surface area (Å²) in [5.41, 5.74) is 2.00. The molecule has 1 atom stereocenters. The molecule has 108 valence electrons. The normalized spacial score (nSPS) is 22.1. The van der Waals surface area contributed by atoms with Crippen molar-refractivity contribution in [1.29, 1.82) is 0 Å². The van der Waals surface area contributed by atoms with Gasteiger partial charge in [-0.1, -0.05) is 6.07 Å². The molecule has 0 aromatic heterocycles. The van der Waals surface area contributed by atoms with E-state index in [0.717, 1.165) is 30.5 Å². The summed E-state index contributed by atoms with van der Waals surface area (Å²) < 4.78 is 19.7. The number of hydrogen-bond donors (Lipinski definition) is 2. The van der Waals surface area contributed by atoms with Gasteiger partial charge in [-0.3, -0.25) is 4.79 Å². The smallest absolute Gasteiger partial charge is 0.229 e. The van der Waals surface area contributed by atoms with Gasteiger partial charge in [-0.05, 0) is 43.0 Å². The average Bonchev–Trinajstić information content (AvgIpc) is 2.51. The molecule has 1 unspecified atom stereocenters. The Balaban J connectivity index is 1.75. The zero-order valence-electron chi connectivity index (χ0n) is 11.4. The highest BCUT2D eigenvalue weighted by Gasteiger charge is 2.24. The Morgan fingerprint density at radius 3 is 3.15 bits per heavy atom. The van der Waals surface area contributed by atoms with Crippen molar-refractivity contribution in [3.05, 3.63) is 29.1 Å². The van der Waals surface area contributed by atoms with Gasteiger partial charge in [0.1, 0.15) is 5.82 Å². The highest BCUT2D eigenvalue weighted by molar-refractivity contribution is 5.93. The van der Waals surface area contributed by atoms with Gasteiger partial charge in [-0.25, -0.2) is 4.39 Å². The fraction of sp³-hybridized carbons (Fsp3) is 0.533. The third kappa shape index (κ3) is 2.69. The molecule has 1 saturated heterocycles. The molecule has 5 heteroatoms. The minimum absolute atomic E-state index is 0.141. The van der Waals surface area contributed by atoms with Crippen LogP contribution in [-0.2, 0) is 22.5 Å². The van der Waals surface area contributed by atoms with Gasteiger partial charge >= 0.3 is 0 Å². The van der Waals surface area contributed by atoms with Gasteiger partial charge in [0.2, 0.25) is 5.91 Å². The van der Waals surface area contributed by atoms with E-state index in [1.807, 2.05) is 6.07 Å². The van der Waals surface area contributed by atoms with Gasteiger partial charge in [-0.15, -0.1) is 0 Å². The van der Waals surface area contributed by atoms with E-state index in [-0.39, 0.29) is 17.6 Å². The fourth-order valence-electron chi connectivity index (χ4n) is 2.81. The lowest BCUT2D eigenvalue weighted by Gasteiger charge is -2.23. The van der Waals surface area contributed by atoms with E-state index in [4.69, 9.17) is 4.74 Å². The van der Waals surface area contributed by atoms with Crippen LogP contribution in [0.5, 0.6) is 0 Å². The summed E-state index contributed by atoms with van der Waals surface area (Å²) in [6.07, 6.45) is 2.36. The van der Waals surface area contributed by atoms with E-state index in [1.165, 1.54) is 0 Å². The Kier molecular flexibility index (Phi) is 3.98. The third-order valence-electron chi connectivity index (χ3n) is 4.00. The van der Waals surface area contributed by atoms with Crippen molar-refractivity contribution in [2.24, 2.45) is 5.92 Å². The minimum Gasteiger partial charge on any atom is -0.381 e. The lowest BCUT2D eigenvalue weighted by molar-refractivity contribution is -0.123. The van der Waals surface area contributed by atoms with Crippen molar-refractivity contribution in [1.82, 2.24) is 5.32 Å². The largest absolute Gasteiger partial charge is 0.381 e. The molecular formula is C15H19FN2O2. The number of benzene rings is 1. The molecule has 1 fully saturated rings. The Hall–Kier alpha value is -1.46. The van der Waals surface area contributed by atoms with E-state index in [2.05, 4.69) is 10.6 Å². The molecule has 0 radical (unpaired) electrons. The lowest BCUT2D eigenvalue weighted by Crippen LogP contribution is -2.31. The van der Waals surface area contributed by atoms with Crippen molar-refractivity contribution in [2.75, 3.05) is 25.1 Å². The predicted octanol–water partition coefficient (Wildman–Crippen LogP) is 1.84. The summed E-state index contributed by atoms with van der Waals surface area (Å²) in [6.45, 7) is 2.61. The number of amides is 1. The third-order valence-corrected chi connectivity index (χ3v) is 4.00. The topological polar surface area (TPSA) is 50.4 Å². The molecule has 3 rings (SSSR count). The highest BCUT2D eigenvalue weighted by atomic mass is 19.1. The molecule has 1 amide bonds. The fourth-order valence-corrected chi connectivity index (χ4v) is 2.81. The summed E-state index contributed by atoms with van der Waals surface area (Å²) in [4.78, 5) is 12.1. The van der Waals surface area contributed by atoms with Crippen LogP contribution in [0.15, 0.2) is 12.1 Å². The standard InChI is InChI=1S/C15H19FN2O2/c16-14-12-5-6-17-8-10(12)3-4-13(14)18-15(19)11-2-1-7-20-9-11/h3-4,11,17H,1-2,5-9H2,(H,18,19). The van der Waals surface area contributed by atoms with Gasteiger partial charge in [0.15, 0.2) is 0 Å². The Morgan fingerprint density at radius 1 is 1.45 bits per heavy atom. The molecule has 1 aromatic rings. The van der Waals surface area contributed by atoms with E-state index in [9.17, 15) is 9.18 Å². The zero-order valence-corrected chi connectivity index (χ0v) is 11.4. The van der Waals surface area contributed by atoms with Crippen LogP contribution in [0.3, 0.4) is 0 Å². The first-order chi connectivity index (χ1) is 9.75. The minimum atomic E-state index is -0.283. The first-order valence-electron chi connectivity index (χ1n) is 7.15. The molecule has 0 saturated carbocycles. The Bertz CT molecular complexity index is 513. The Labute approximate surface area is 117 Å². The summed E-state index contributed by atoms with van der Waals surface area (Å²) in [5.74, 6) is -0.590. The van der Waals surface area contributed by atoms with Crippen LogP contribution in [0.4, 0.5) is 10.1 Å². The maximum atomic E-state index is 14.4. The van der Waals surface area contributed by atoms with Crippen molar-refractivity contribution >= 4 is 11.6 Å². The summed E-state index contributed by atoms with van der Waals surface area (Å²) in [7, 11) is 0. The molecule has 20 heavy (non-hydrogen) atoms. The molecular weight excluding hydrogens is 259 g/mol. The summed E-state index contributed by atoms with van der Waals surface area (Å²) in [5, 5.41) is 5.93. The average molecular weight is 278 g/mol. The van der Waals surface area contributed by atoms with Crippen LogP contribution < -0.4 is 10.6 Å². The molecule has 2 aliphatic heterocycles. The number of ether oxygens (including phenoxy) is 1. The van der Waals surface area contributed by atoms with Crippen LogP contribution in [0.1, 0.15) is 24.0 Å².